The van der Waals surface area contributed by atoms with Gasteiger partial charge in [0.2, 0.25) is 0 Å². The molecule has 0 aliphatic carbocycles. The van der Waals surface area contributed by atoms with Crippen molar-refractivity contribution in [2.75, 3.05) is 0 Å². The second-order valence-corrected chi connectivity index (χ2v) is 2.63. The second-order valence-electron chi connectivity index (χ2n) is 2.63. The fourth-order valence-electron chi connectivity index (χ4n) is 1.27. The van der Waals surface area contributed by atoms with Crippen LogP contribution in [-0.2, 0) is 0 Å². The minimum Gasteiger partial charge on any atom is -0.297 e. The van der Waals surface area contributed by atoms with Gasteiger partial charge in [-0.2, -0.15) is 0 Å². The number of aryl methyl sites for hydroxylation is 1. The molecule has 0 aliphatic rings. The van der Waals surface area contributed by atoms with E-state index in [1.165, 1.54) is 0 Å². The zero-order valence-corrected chi connectivity index (χ0v) is 6.69. The Balaban J connectivity index is 2.90. The maximum atomic E-state index is 10.6. The Morgan fingerprint density at radius 1 is 1.50 bits per heavy atom. The van der Waals surface area contributed by atoms with Gasteiger partial charge in [0.05, 0.1) is 5.69 Å². The first-order valence-corrected chi connectivity index (χ1v) is 3.72. The van der Waals surface area contributed by atoms with Gasteiger partial charge in [0.1, 0.15) is 11.3 Å². The molecule has 3 heteroatoms. The van der Waals surface area contributed by atoms with Crippen molar-refractivity contribution in [3.8, 4) is 0 Å². The van der Waals surface area contributed by atoms with Crippen molar-refractivity contribution in [2.24, 2.45) is 0 Å². The largest absolute Gasteiger partial charge is 0.297 e. The predicted molar refractivity (Wildman–Crippen MR) is 45.3 cm³/mol. The van der Waals surface area contributed by atoms with Crippen LogP contribution in [0, 0.1) is 6.92 Å². The molecule has 12 heavy (non-hydrogen) atoms. The van der Waals surface area contributed by atoms with E-state index < -0.39 is 0 Å². The molecule has 0 fully saturated rings. The van der Waals surface area contributed by atoms with Gasteiger partial charge in [0.15, 0.2) is 6.29 Å². The van der Waals surface area contributed by atoms with Crippen LogP contribution in [0.4, 0.5) is 0 Å². The molecule has 0 amide bonds. The molecule has 0 saturated carbocycles. The van der Waals surface area contributed by atoms with Gasteiger partial charge in [-0.3, -0.25) is 9.20 Å². The number of carbonyl (C=O) groups excluding carboxylic acids is 1. The van der Waals surface area contributed by atoms with E-state index in [1.807, 2.05) is 31.3 Å². The van der Waals surface area contributed by atoms with Crippen molar-refractivity contribution in [3.63, 3.8) is 0 Å². The lowest BCUT2D eigenvalue weighted by molar-refractivity contribution is 0.111. The van der Waals surface area contributed by atoms with E-state index in [2.05, 4.69) is 4.98 Å². The summed E-state index contributed by atoms with van der Waals surface area (Å²) >= 11 is 0. The molecule has 0 unspecified atom stereocenters. The van der Waals surface area contributed by atoms with Crippen molar-refractivity contribution in [3.05, 3.63) is 35.8 Å². The fourth-order valence-corrected chi connectivity index (χ4v) is 1.27. The van der Waals surface area contributed by atoms with Crippen LogP contribution < -0.4 is 0 Å². The summed E-state index contributed by atoms with van der Waals surface area (Å²) in [5.41, 5.74) is 2.22. The van der Waals surface area contributed by atoms with Gasteiger partial charge < -0.3 is 0 Å². The SMILES string of the molecule is Cc1nc2ccccn2c1C=O. The minimum atomic E-state index is 0.630. The van der Waals surface area contributed by atoms with Gasteiger partial charge in [0.25, 0.3) is 0 Å². The zero-order valence-electron chi connectivity index (χ0n) is 6.69. The highest BCUT2D eigenvalue weighted by molar-refractivity contribution is 5.76. The summed E-state index contributed by atoms with van der Waals surface area (Å²) in [4.78, 5) is 14.9. The summed E-state index contributed by atoms with van der Waals surface area (Å²) in [5, 5.41) is 0. The summed E-state index contributed by atoms with van der Waals surface area (Å²) in [7, 11) is 0. The van der Waals surface area contributed by atoms with Crippen LogP contribution >= 0.6 is 0 Å². The number of nitrogens with zero attached hydrogens (tertiary/aromatic N) is 2. The quantitative estimate of drug-likeness (QED) is 0.592. The third kappa shape index (κ3) is 0.830. The van der Waals surface area contributed by atoms with Gasteiger partial charge in [-0.25, -0.2) is 4.98 Å². The van der Waals surface area contributed by atoms with Gasteiger partial charge >= 0.3 is 0 Å². The topological polar surface area (TPSA) is 34.4 Å². The van der Waals surface area contributed by atoms with Crippen LogP contribution in [0.3, 0.4) is 0 Å². The standard InChI is InChI=1S/C9H8N2O/c1-7-8(6-12)11-5-3-2-4-9(11)10-7/h2-6H,1H3. The lowest BCUT2D eigenvalue weighted by atomic mass is 10.4. The van der Waals surface area contributed by atoms with Crippen molar-refractivity contribution >= 4 is 11.9 Å². The summed E-state index contributed by atoms with van der Waals surface area (Å²) in [6.45, 7) is 1.83. The maximum absolute atomic E-state index is 10.6. The van der Waals surface area contributed by atoms with Gasteiger partial charge in [-0.05, 0) is 19.1 Å². The lowest BCUT2D eigenvalue weighted by Crippen LogP contribution is -1.90. The number of carbonyl (C=O) groups is 1. The summed E-state index contributed by atoms with van der Waals surface area (Å²) in [6.07, 6.45) is 2.66. The number of hydrogen-bond donors (Lipinski definition) is 0. The molecule has 0 aliphatic heterocycles. The van der Waals surface area contributed by atoms with E-state index in [9.17, 15) is 4.79 Å². The van der Waals surface area contributed by atoms with Crippen LogP contribution in [-0.4, -0.2) is 15.7 Å². The molecule has 0 atom stereocenters. The van der Waals surface area contributed by atoms with Crippen molar-refractivity contribution in [1.82, 2.24) is 9.38 Å². The molecule has 2 aromatic heterocycles. The second kappa shape index (κ2) is 2.44. The third-order valence-electron chi connectivity index (χ3n) is 1.86. The Morgan fingerprint density at radius 3 is 3.08 bits per heavy atom. The predicted octanol–water partition coefficient (Wildman–Crippen LogP) is 1.46. The number of rotatable bonds is 1. The minimum absolute atomic E-state index is 0.630. The Morgan fingerprint density at radius 2 is 2.33 bits per heavy atom. The summed E-state index contributed by atoms with van der Waals surface area (Å²) < 4.78 is 1.78. The third-order valence-corrected chi connectivity index (χ3v) is 1.86. The van der Waals surface area contributed by atoms with E-state index in [0.717, 1.165) is 17.6 Å². The van der Waals surface area contributed by atoms with E-state index >= 15 is 0 Å². The Labute approximate surface area is 69.7 Å². The first-order chi connectivity index (χ1) is 5.83. The van der Waals surface area contributed by atoms with Crippen LogP contribution in [0.2, 0.25) is 0 Å². The number of pyridine rings is 1. The monoisotopic (exact) mass is 160 g/mol. The van der Waals surface area contributed by atoms with Gasteiger partial charge in [0, 0.05) is 6.20 Å². The molecular weight excluding hydrogens is 152 g/mol. The first kappa shape index (κ1) is 7.03. The number of hydrogen-bond acceptors (Lipinski definition) is 2. The van der Waals surface area contributed by atoms with Crippen molar-refractivity contribution < 1.29 is 4.79 Å². The summed E-state index contributed by atoms with van der Waals surface area (Å²) in [6, 6.07) is 5.65. The fraction of sp³-hybridized carbons (Fsp3) is 0.111. The molecule has 3 nitrogen and oxygen atoms in total. The number of fused-ring (bicyclic) bond motifs is 1. The van der Waals surface area contributed by atoms with E-state index in [-0.39, 0.29) is 0 Å². The zero-order chi connectivity index (χ0) is 8.55. The molecule has 0 spiro atoms. The average molecular weight is 160 g/mol. The number of imidazole rings is 1. The van der Waals surface area contributed by atoms with Crippen LogP contribution in [0.5, 0.6) is 0 Å². The molecule has 0 aromatic carbocycles. The average Bonchev–Trinajstić information content (AvgIpc) is 2.40. The molecule has 0 saturated heterocycles. The van der Waals surface area contributed by atoms with E-state index in [0.29, 0.717) is 5.69 Å². The first-order valence-electron chi connectivity index (χ1n) is 3.72. The highest BCUT2D eigenvalue weighted by Gasteiger charge is 2.04. The molecule has 0 bridgehead atoms. The smallest absolute Gasteiger partial charge is 0.168 e. The number of aromatic nitrogens is 2. The van der Waals surface area contributed by atoms with Gasteiger partial charge in [-0.1, -0.05) is 6.07 Å². The Kier molecular flexibility index (Phi) is 1.43. The van der Waals surface area contributed by atoms with Crippen molar-refractivity contribution in [2.45, 2.75) is 6.92 Å². The van der Waals surface area contributed by atoms with Gasteiger partial charge in [-0.15, -0.1) is 0 Å². The van der Waals surface area contributed by atoms with Crippen LogP contribution in [0.25, 0.3) is 5.65 Å². The molecule has 2 heterocycles. The van der Waals surface area contributed by atoms with E-state index in [4.69, 9.17) is 0 Å². The highest BCUT2D eigenvalue weighted by atomic mass is 16.1. The molecule has 2 aromatic rings. The van der Waals surface area contributed by atoms with Crippen LogP contribution in [0.1, 0.15) is 16.2 Å². The normalized spacial score (nSPS) is 10.4. The molecule has 0 radical (unpaired) electrons. The maximum Gasteiger partial charge on any atom is 0.168 e. The van der Waals surface area contributed by atoms with E-state index in [1.54, 1.807) is 4.40 Å². The Hall–Kier alpha value is -1.64. The summed E-state index contributed by atoms with van der Waals surface area (Å²) in [5.74, 6) is 0. The lowest BCUT2D eigenvalue weighted by Gasteiger charge is -1.91. The van der Waals surface area contributed by atoms with Crippen LogP contribution in [0.15, 0.2) is 24.4 Å². The molecule has 60 valence electrons. The van der Waals surface area contributed by atoms with Crippen molar-refractivity contribution in [1.29, 1.82) is 0 Å². The molecular formula is C9H8N2O. The highest BCUT2D eigenvalue weighted by Crippen LogP contribution is 2.08. The number of aldehydes is 1. The Bertz CT molecular complexity index is 431. The molecule has 0 N–H and O–H groups in total. The molecule has 2 rings (SSSR count).